The molecule has 1 aromatic heterocycles. The van der Waals surface area contributed by atoms with Crippen molar-refractivity contribution in [2.24, 2.45) is 5.92 Å². The Morgan fingerprint density at radius 1 is 1.48 bits per heavy atom. The van der Waals surface area contributed by atoms with E-state index in [0.29, 0.717) is 13.1 Å². The molecule has 1 aromatic rings. The summed E-state index contributed by atoms with van der Waals surface area (Å²) in [6.45, 7) is 4.04. The van der Waals surface area contributed by atoms with Crippen LogP contribution in [0.15, 0.2) is 24.5 Å². The molecule has 0 bridgehead atoms. The number of aromatic nitrogens is 1. The van der Waals surface area contributed by atoms with E-state index in [1.165, 1.54) is 5.56 Å². The van der Waals surface area contributed by atoms with Crippen LogP contribution in [0.4, 0.5) is 0 Å². The van der Waals surface area contributed by atoms with Gasteiger partial charge in [0, 0.05) is 25.5 Å². The molecule has 0 aromatic carbocycles. The molecule has 1 atom stereocenters. The average Bonchev–Trinajstić information content (AvgIpc) is 3.30. The van der Waals surface area contributed by atoms with Gasteiger partial charge in [0.1, 0.15) is 5.54 Å². The second-order valence-corrected chi connectivity index (χ2v) is 5.92. The first-order valence-electron chi connectivity index (χ1n) is 7.64. The molecule has 0 radical (unpaired) electrons. The van der Waals surface area contributed by atoms with Gasteiger partial charge in [0.15, 0.2) is 0 Å². The highest BCUT2D eigenvalue weighted by molar-refractivity contribution is 5.80. The molecule has 1 aliphatic carbocycles. The lowest BCUT2D eigenvalue weighted by atomic mass is 9.92. The molecule has 1 saturated carbocycles. The number of aliphatic carboxylic acids is 1. The van der Waals surface area contributed by atoms with E-state index in [1.54, 1.807) is 12.4 Å². The Kier molecular flexibility index (Phi) is 5.31. The Balaban J connectivity index is 1.94. The summed E-state index contributed by atoms with van der Waals surface area (Å²) in [5.41, 5.74) is 0.439. The monoisotopic (exact) mass is 291 g/mol. The summed E-state index contributed by atoms with van der Waals surface area (Å²) >= 11 is 0. The molecule has 1 unspecified atom stereocenters. The van der Waals surface area contributed by atoms with Crippen molar-refractivity contribution in [2.75, 3.05) is 26.7 Å². The maximum atomic E-state index is 11.8. The normalized spacial score (nSPS) is 17.7. The zero-order valence-electron chi connectivity index (χ0n) is 12.9. The van der Waals surface area contributed by atoms with Crippen LogP contribution in [-0.4, -0.2) is 53.2 Å². The molecule has 2 N–H and O–H groups in total. The number of carboxylic acids is 1. The summed E-state index contributed by atoms with van der Waals surface area (Å²) < 4.78 is 0. The lowest BCUT2D eigenvalue weighted by Gasteiger charge is -2.34. The molecule has 0 saturated heterocycles. The number of hydrogen-bond donors (Lipinski definition) is 2. The van der Waals surface area contributed by atoms with Gasteiger partial charge in [0.25, 0.3) is 0 Å². The van der Waals surface area contributed by atoms with Crippen molar-refractivity contribution >= 4 is 5.97 Å². The van der Waals surface area contributed by atoms with Crippen molar-refractivity contribution in [3.05, 3.63) is 30.1 Å². The Bertz CT molecular complexity index is 462. The summed E-state index contributed by atoms with van der Waals surface area (Å²) in [5.74, 6) is -0.457. The fourth-order valence-electron chi connectivity index (χ4n) is 2.91. The Morgan fingerprint density at radius 3 is 2.67 bits per heavy atom. The Hall–Kier alpha value is -1.46. The smallest absolute Gasteiger partial charge is 0.325 e. The van der Waals surface area contributed by atoms with Crippen LogP contribution in [0.5, 0.6) is 0 Å². The quantitative estimate of drug-likeness (QED) is 0.720. The van der Waals surface area contributed by atoms with Crippen molar-refractivity contribution in [3.63, 3.8) is 0 Å². The number of carboxylic acid groups (broad SMARTS) is 1. The molecule has 21 heavy (non-hydrogen) atoms. The summed E-state index contributed by atoms with van der Waals surface area (Å²) in [6.07, 6.45) is 6.51. The number of carbonyl (C=O) groups is 1. The zero-order chi connectivity index (χ0) is 15.3. The van der Waals surface area contributed by atoms with E-state index >= 15 is 0 Å². The van der Waals surface area contributed by atoms with Gasteiger partial charge in [-0.3, -0.25) is 9.78 Å². The van der Waals surface area contributed by atoms with Crippen molar-refractivity contribution in [1.82, 2.24) is 15.2 Å². The molecule has 0 amide bonds. The second kappa shape index (κ2) is 7.00. The van der Waals surface area contributed by atoms with E-state index in [9.17, 15) is 9.90 Å². The number of pyridine rings is 1. The molecule has 0 aliphatic heterocycles. The molecule has 116 valence electrons. The SMILES string of the molecule is CCNC(CN(C)CCc1ccncc1)(C(=O)O)C1CC1. The molecular weight excluding hydrogens is 266 g/mol. The zero-order valence-corrected chi connectivity index (χ0v) is 12.9. The summed E-state index contributed by atoms with van der Waals surface area (Å²) in [4.78, 5) is 17.9. The van der Waals surface area contributed by atoms with Crippen LogP contribution in [0.1, 0.15) is 25.3 Å². The third-order valence-corrected chi connectivity index (χ3v) is 4.20. The largest absolute Gasteiger partial charge is 0.480 e. The van der Waals surface area contributed by atoms with E-state index in [4.69, 9.17) is 0 Å². The van der Waals surface area contributed by atoms with Crippen LogP contribution in [0, 0.1) is 5.92 Å². The lowest BCUT2D eigenvalue weighted by molar-refractivity contribution is -0.146. The van der Waals surface area contributed by atoms with Gasteiger partial charge < -0.3 is 15.3 Å². The molecule has 2 rings (SSSR count). The number of hydrogen-bond acceptors (Lipinski definition) is 4. The summed E-state index contributed by atoms with van der Waals surface area (Å²) in [7, 11) is 2.00. The number of likely N-dealkylation sites (N-methyl/N-ethyl adjacent to an activating group) is 2. The predicted octanol–water partition coefficient (Wildman–Crippen LogP) is 1.40. The van der Waals surface area contributed by atoms with Crippen LogP contribution in [0.2, 0.25) is 0 Å². The van der Waals surface area contributed by atoms with Gasteiger partial charge in [-0.2, -0.15) is 0 Å². The van der Waals surface area contributed by atoms with E-state index in [1.807, 2.05) is 26.1 Å². The number of nitrogens with zero attached hydrogens (tertiary/aromatic N) is 2. The molecule has 0 spiro atoms. The molecule has 1 heterocycles. The van der Waals surface area contributed by atoms with Crippen molar-refractivity contribution < 1.29 is 9.90 Å². The van der Waals surface area contributed by atoms with Crippen LogP contribution in [-0.2, 0) is 11.2 Å². The van der Waals surface area contributed by atoms with Gasteiger partial charge in [-0.15, -0.1) is 0 Å². The minimum atomic E-state index is -0.790. The summed E-state index contributed by atoms with van der Waals surface area (Å²) in [6, 6.07) is 4.01. The van der Waals surface area contributed by atoms with Gasteiger partial charge in [-0.05, 0) is 56.5 Å². The maximum absolute atomic E-state index is 11.8. The Morgan fingerprint density at radius 2 is 2.14 bits per heavy atom. The highest BCUT2D eigenvalue weighted by Crippen LogP contribution is 2.40. The highest BCUT2D eigenvalue weighted by Gasteiger charge is 2.51. The van der Waals surface area contributed by atoms with Gasteiger partial charge in [-0.25, -0.2) is 0 Å². The minimum Gasteiger partial charge on any atom is -0.480 e. The van der Waals surface area contributed by atoms with Gasteiger partial charge in [0.05, 0.1) is 0 Å². The van der Waals surface area contributed by atoms with Crippen molar-refractivity contribution in [1.29, 1.82) is 0 Å². The fraction of sp³-hybridized carbons (Fsp3) is 0.625. The first kappa shape index (κ1) is 15.9. The van der Waals surface area contributed by atoms with Gasteiger partial charge in [0.2, 0.25) is 0 Å². The van der Waals surface area contributed by atoms with Crippen LogP contribution in [0.3, 0.4) is 0 Å². The second-order valence-electron chi connectivity index (χ2n) is 5.92. The third-order valence-electron chi connectivity index (χ3n) is 4.20. The topological polar surface area (TPSA) is 65.5 Å². The van der Waals surface area contributed by atoms with E-state index in [0.717, 1.165) is 25.8 Å². The van der Waals surface area contributed by atoms with Crippen LogP contribution < -0.4 is 5.32 Å². The minimum absolute atomic E-state index is 0.262. The number of nitrogens with one attached hydrogen (secondary N) is 1. The van der Waals surface area contributed by atoms with Crippen LogP contribution in [0.25, 0.3) is 0 Å². The Labute approximate surface area is 126 Å². The predicted molar refractivity (Wildman–Crippen MR) is 82.2 cm³/mol. The highest BCUT2D eigenvalue weighted by atomic mass is 16.4. The average molecular weight is 291 g/mol. The number of rotatable bonds is 9. The first-order valence-corrected chi connectivity index (χ1v) is 7.64. The summed E-state index contributed by atoms with van der Waals surface area (Å²) in [5, 5.41) is 12.9. The molecule has 5 heteroatoms. The fourth-order valence-corrected chi connectivity index (χ4v) is 2.91. The standard InChI is InChI=1S/C16H25N3O2/c1-3-18-16(15(20)21,14-4-5-14)12-19(2)11-8-13-6-9-17-10-7-13/h6-7,9-10,14,18H,3-5,8,11-12H2,1-2H3,(H,20,21). The first-order chi connectivity index (χ1) is 10.1. The van der Waals surface area contributed by atoms with Gasteiger partial charge >= 0.3 is 5.97 Å². The molecular formula is C16H25N3O2. The van der Waals surface area contributed by atoms with Crippen molar-refractivity contribution in [3.8, 4) is 0 Å². The van der Waals surface area contributed by atoms with E-state index < -0.39 is 11.5 Å². The van der Waals surface area contributed by atoms with Crippen molar-refractivity contribution in [2.45, 2.75) is 31.7 Å². The molecule has 1 fully saturated rings. The van der Waals surface area contributed by atoms with Crippen LogP contribution >= 0.6 is 0 Å². The van der Waals surface area contributed by atoms with E-state index in [-0.39, 0.29) is 5.92 Å². The van der Waals surface area contributed by atoms with Gasteiger partial charge in [-0.1, -0.05) is 6.92 Å². The molecule has 1 aliphatic rings. The lowest BCUT2D eigenvalue weighted by Crippen LogP contribution is -2.60. The third kappa shape index (κ3) is 4.02. The molecule has 5 nitrogen and oxygen atoms in total. The maximum Gasteiger partial charge on any atom is 0.325 e. The van der Waals surface area contributed by atoms with E-state index in [2.05, 4.69) is 15.2 Å².